The first-order valence-corrected chi connectivity index (χ1v) is 7.94. The van der Waals surface area contributed by atoms with Crippen LogP contribution in [0.15, 0.2) is 48.5 Å². The molecule has 2 aromatic rings. The predicted molar refractivity (Wildman–Crippen MR) is 95.3 cm³/mol. The molecule has 0 saturated heterocycles. The molecule has 0 bridgehead atoms. The molecule has 1 amide bonds. The number of nitriles is 1. The fourth-order valence-electron chi connectivity index (χ4n) is 2.17. The number of anilines is 2. The zero-order chi connectivity index (χ0) is 18.1. The second-order valence-electron chi connectivity index (χ2n) is 5.18. The van der Waals surface area contributed by atoms with Gasteiger partial charge in [-0.3, -0.25) is 4.79 Å². The third-order valence-electron chi connectivity index (χ3n) is 3.39. The average Bonchev–Trinajstić information content (AvgIpc) is 2.63. The molecule has 0 radical (unpaired) electrons. The molecule has 0 heterocycles. The van der Waals surface area contributed by atoms with Crippen LogP contribution in [0.2, 0.25) is 0 Å². The van der Waals surface area contributed by atoms with Gasteiger partial charge >= 0.3 is 5.97 Å². The Labute approximate surface area is 146 Å². The lowest BCUT2D eigenvalue weighted by molar-refractivity contribution is -0.115. The average molecular weight is 337 g/mol. The number of hydrogen-bond acceptors (Lipinski definition) is 5. The Kier molecular flexibility index (Phi) is 6.55. The maximum atomic E-state index is 12.1. The van der Waals surface area contributed by atoms with Crippen molar-refractivity contribution in [1.29, 1.82) is 5.26 Å². The summed E-state index contributed by atoms with van der Waals surface area (Å²) >= 11 is 0. The molecule has 0 unspecified atom stereocenters. The number of rotatable bonds is 7. The maximum Gasteiger partial charge on any atom is 0.340 e. The summed E-state index contributed by atoms with van der Waals surface area (Å²) in [6, 6.07) is 15.8. The smallest absolute Gasteiger partial charge is 0.340 e. The fourth-order valence-corrected chi connectivity index (χ4v) is 2.17. The summed E-state index contributed by atoms with van der Waals surface area (Å²) in [6.45, 7) is 2.43. The zero-order valence-electron chi connectivity index (χ0n) is 13.9. The molecule has 0 aliphatic carbocycles. The highest BCUT2D eigenvalue weighted by Crippen LogP contribution is 2.16. The minimum Gasteiger partial charge on any atom is -0.462 e. The van der Waals surface area contributed by atoms with Crippen LogP contribution in [0.3, 0.4) is 0 Å². The third kappa shape index (κ3) is 5.36. The maximum absolute atomic E-state index is 12.1. The summed E-state index contributed by atoms with van der Waals surface area (Å²) in [7, 11) is 0. The Bertz CT molecular complexity index is 779. The second-order valence-corrected chi connectivity index (χ2v) is 5.18. The zero-order valence-corrected chi connectivity index (χ0v) is 13.9. The van der Waals surface area contributed by atoms with E-state index in [-0.39, 0.29) is 18.9 Å². The Hall–Kier alpha value is -3.33. The summed E-state index contributed by atoms with van der Waals surface area (Å²) in [5.41, 5.74) is 2.18. The Balaban J connectivity index is 1.88. The van der Waals surface area contributed by atoms with Crippen molar-refractivity contribution in [3.8, 4) is 6.07 Å². The molecule has 2 rings (SSSR count). The van der Waals surface area contributed by atoms with Gasteiger partial charge in [0.15, 0.2) is 0 Å². The summed E-state index contributed by atoms with van der Waals surface area (Å²) in [5.74, 6) is -0.674. The van der Waals surface area contributed by atoms with Crippen LogP contribution in [0.5, 0.6) is 0 Å². The van der Waals surface area contributed by atoms with Crippen molar-refractivity contribution in [2.75, 3.05) is 23.8 Å². The van der Waals surface area contributed by atoms with Crippen LogP contribution < -0.4 is 10.6 Å². The highest BCUT2D eigenvalue weighted by molar-refractivity contribution is 6.01. The van der Waals surface area contributed by atoms with Crippen molar-refractivity contribution in [3.05, 3.63) is 59.7 Å². The van der Waals surface area contributed by atoms with Gasteiger partial charge in [0, 0.05) is 18.7 Å². The minimum absolute atomic E-state index is 0.210. The molecule has 25 heavy (non-hydrogen) atoms. The lowest BCUT2D eigenvalue weighted by Crippen LogP contribution is -2.18. The normalized spacial score (nSPS) is 9.76. The fraction of sp³-hybridized carbons (Fsp3) is 0.211. The number of para-hydroxylation sites is 1. The summed E-state index contributed by atoms with van der Waals surface area (Å²) in [6.07, 6.45) is 0.233. The first-order chi connectivity index (χ1) is 12.1. The van der Waals surface area contributed by atoms with E-state index in [2.05, 4.69) is 10.6 Å². The summed E-state index contributed by atoms with van der Waals surface area (Å²) in [5, 5.41) is 14.6. The van der Waals surface area contributed by atoms with Crippen molar-refractivity contribution >= 4 is 23.3 Å². The lowest BCUT2D eigenvalue weighted by atomic mass is 10.1. The van der Waals surface area contributed by atoms with Crippen molar-refractivity contribution in [2.24, 2.45) is 0 Å². The molecule has 0 aliphatic heterocycles. The molecule has 2 N–H and O–H groups in total. The van der Waals surface area contributed by atoms with Gasteiger partial charge in [-0.1, -0.05) is 12.1 Å². The van der Waals surface area contributed by atoms with Gasteiger partial charge in [0.1, 0.15) is 0 Å². The summed E-state index contributed by atoms with van der Waals surface area (Å²) in [4.78, 5) is 24.0. The second kappa shape index (κ2) is 9.08. The largest absolute Gasteiger partial charge is 0.462 e. The van der Waals surface area contributed by atoms with Gasteiger partial charge in [-0.15, -0.1) is 0 Å². The van der Waals surface area contributed by atoms with E-state index in [1.54, 1.807) is 55.5 Å². The highest BCUT2D eigenvalue weighted by Gasteiger charge is 2.13. The molecular formula is C19H19N3O3. The van der Waals surface area contributed by atoms with Crippen LogP contribution in [0, 0.1) is 11.3 Å². The Morgan fingerprint density at radius 3 is 2.52 bits per heavy atom. The van der Waals surface area contributed by atoms with E-state index in [0.29, 0.717) is 23.4 Å². The molecule has 6 nitrogen and oxygen atoms in total. The number of carbonyl (C=O) groups is 2. The van der Waals surface area contributed by atoms with Crippen LogP contribution >= 0.6 is 0 Å². The monoisotopic (exact) mass is 337 g/mol. The van der Waals surface area contributed by atoms with Gasteiger partial charge in [0.05, 0.1) is 29.5 Å². The van der Waals surface area contributed by atoms with E-state index < -0.39 is 5.97 Å². The van der Waals surface area contributed by atoms with Crippen LogP contribution in [-0.2, 0) is 9.53 Å². The molecule has 0 aliphatic rings. The number of nitrogens with one attached hydrogen (secondary N) is 2. The van der Waals surface area contributed by atoms with Crippen LogP contribution in [-0.4, -0.2) is 25.0 Å². The van der Waals surface area contributed by atoms with Crippen molar-refractivity contribution in [3.63, 3.8) is 0 Å². The van der Waals surface area contributed by atoms with Gasteiger partial charge < -0.3 is 15.4 Å². The predicted octanol–water partition coefficient (Wildman–Crippen LogP) is 3.18. The standard InChI is InChI=1S/C19H19N3O3/c1-2-25-19(24)16-5-3-4-6-17(16)22-18(23)11-12-21-15-9-7-14(13-20)8-10-15/h3-10,21H,2,11-12H2,1H3,(H,22,23). The van der Waals surface area contributed by atoms with Gasteiger partial charge in [0.2, 0.25) is 5.91 Å². The van der Waals surface area contributed by atoms with E-state index >= 15 is 0 Å². The number of hydrogen-bond donors (Lipinski definition) is 2. The molecule has 6 heteroatoms. The minimum atomic E-state index is -0.464. The SMILES string of the molecule is CCOC(=O)c1ccccc1NC(=O)CCNc1ccc(C#N)cc1. The Morgan fingerprint density at radius 1 is 1.12 bits per heavy atom. The molecule has 0 fully saturated rings. The number of ether oxygens (including phenoxy) is 1. The van der Waals surface area contributed by atoms with E-state index in [4.69, 9.17) is 10.00 Å². The first-order valence-electron chi connectivity index (χ1n) is 7.94. The lowest BCUT2D eigenvalue weighted by Gasteiger charge is -2.11. The number of esters is 1. The van der Waals surface area contributed by atoms with E-state index in [1.807, 2.05) is 6.07 Å². The molecule has 128 valence electrons. The third-order valence-corrected chi connectivity index (χ3v) is 3.39. The van der Waals surface area contributed by atoms with Gasteiger partial charge in [-0.05, 0) is 43.3 Å². The molecular weight excluding hydrogens is 318 g/mol. The van der Waals surface area contributed by atoms with E-state index in [1.165, 1.54) is 0 Å². The molecule has 0 atom stereocenters. The molecule has 0 spiro atoms. The van der Waals surface area contributed by atoms with Gasteiger partial charge in [-0.25, -0.2) is 4.79 Å². The van der Waals surface area contributed by atoms with Crippen molar-refractivity contribution < 1.29 is 14.3 Å². The van der Waals surface area contributed by atoms with Crippen LogP contribution in [0.4, 0.5) is 11.4 Å². The summed E-state index contributed by atoms with van der Waals surface area (Å²) < 4.78 is 4.98. The number of nitrogens with zero attached hydrogens (tertiary/aromatic N) is 1. The molecule has 2 aromatic carbocycles. The van der Waals surface area contributed by atoms with Gasteiger partial charge in [0.25, 0.3) is 0 Å². The van der Waals surface area contributed by atoms with Crippen molar-refractivity contribution in [2.45, 2.75) is 13.3 Å². The number of carbonyl (C=O) groups excluding carboxylic acids is 2. The van der Waals surface area contributed by atoms with Crippen LogP contribution in [0.25, 0.3) is 0 Å². The van der Waals surface area contributed by atoms with E-state index in [0.717, 1.165) is 5.69 Å². The molecule has 0 saturated carbocycles. The quantitative estimate of drug-likeness (QED) is 0.757. The Morgan fingerprint density at radius 2 is 1.84 bits per heavy atom. The van der Waals surface area contributed by atoms with E-state index in [9.17, 15) is 9.59 Å². The molecule has 0 aromatic heterocycles. The highest BCUT2D eigenvalue weighted by atomic mass is 16.5. The number of amides is 1. The van der Waals surface area contributed by atoms with Crippen LogP contribution in [0.1, 0.15) is 29.3 Å². The first kappa shape index (κ1) is 18.0. The van der Waals surface area contributed by atoms with Crippen molar-refractivity contribution in [1.82, 2.24) is 0 Å². The van der Waals surface area contributed by atoms with Gasteiger partial charge in [-0.2, -0.15) is 5.26 Å². The number of benzene rings is 2. The topological polar surface area (TPSA) is 91.2 Å².